The number of nitrogens with zero attached hydrogens (tertiary/aromatic N) is 2. The molecule has 0 saturated carbocycles. The van der Waals surface area contributed by atoms with Gasteiger partial charge >= 0.3 is 5.97 Å². The summed E-state index contributed by atoms with van der Waals surface area (Å²) in [6.45, 7) is -0.505. The highest BCUT2D eigenvalue weighted by atomic mass is 35.5. The van der Waals surface area contributed by atoms with E-state index in [0.29, 0.717) is 32.5 Å². The van der Waals surface area contributed by atoms with Crippen LogP contribution in [-0.2, 0) is 29.2 Å². The molecule has 10 heteroatoms. The van der Waals surface area contributed by atoms with Gasteiger partial charge in [-0.1, -0.05) is 47.5 Å². The summed E-state index contributed by atoms with van der Waals surface area (Å²) in [7, 11) is 0. The van der Waals surface area contributed by atoms with Crippen LogP contribution in [0.15, 0.2) is 60.7 Å². The van der Waals surface area contributed by atoms with Crippen LogP contribution in [0.4, 0.5) is 0 Å². The van der Waals surface area contributed by atoms with Crippen LogP contribution >= 0.6 is 23.2 Å². The van der Waals surface area contributed by atoms with Crippen molar-refractivity contribution in [3.05, 3.63) is 98.5 Å². The summed E-state index contributed by atoms with van der Waals surface area (Å²) < 4.78 is 5.90. The van der Waals surface area contributed by atoms with Crippen molar-refractivity contribution in [2.75, 3.05) is 6.54 Å². The van der Waals surface area contributed by atoms with Gasteiger partial charge in [0.1, 0.15) is 24.9 Å². The molecular weight excluding hydrogens is 519 g/mol. The lowest BCUT2D eigenvalue weighted by atomic mass is 10.0. The fourth-order valence-electron chi connectivity index (χ4n) is 4.64. The van der Waals surface area contributed by atoms with Gasteiger partial charge in [-0.05, 0) is 47.5 Å². The first kappa shape index (κ1) is 24.8. The minimum absolute atomic E-state index is 0.0236. The molecule has 0 aromatic heterocycles. The first-order chi connectivity index (χ1) is 17.7. The number of carbonyl (C=O) groups excluding carboxylic acids is 3. The van der Waals surface area contributed by atoms with Crippen LogP contribution in [-0.4, -0.2) is 51.2 Å². The molecule has 5 rings (SSSR count). The second kappa shape index (κ2) is 9.88. The summed E-state index contributed by atoms with van der Waals surface area (Å²) in [5, 5.41) is 10.4. The molecule has 1 atom stereocenters. The van der Waals surface area contributed by atoms with Crippen LogP contribution in [0.3, 0.4) is 0 Å². The van der Waals surface area contributed by atoms with E-state index in [4.69, 9.17) is 27.9 Å². The number of hydrogen-bond acceptors (Lipinski definition) is 5. The highest BCUT2D eigenvalue weighted by Crippen LogP contribution is 2.32. The predicted molar refractivity (Wildman–Crippen MR) is 135 cm³/mol. The van der Waals surface area contributed by atoms with Crippen molar-refractivity contribution in [1.29, 1.82) is 0 Å². The van der Waals surface area contributed by atoms with Crippen molar-refractivity contribution in [3.63, 3.8) is 0 Å². The Hall–Kier alpha value is -3.88. The van der Waals surface area contributed by atoms with Crippen molar-refractivity contribution in [2.24, 2.45) is 0 Å². The van der Waals surface area contributed by atoms with Crippen molar-refractivity contribution < 1.29 is 29.0 Å². The Balaban J connectivity index is 1.46. The Bertz CT molecular complexity index is 1400. The van der Waals surface area contributed by atoms with Crippen molar-refractivity contribution in [2.45, 2.75) is 25.6 Å². The number of hydrogen-bond donors (Lipinski definition) is 1. The van der Waals surface area contributed by atoms with E-state index in [1.165, 1.54) is 12.1 Å². The van der Waals surface area contributed by atoms with Crippen LogP contribution in [0.2, 0.25) is 10.0 Å². The fraction of sp³-hybridized carbons (Fsp3) is 0.185. The van der Waals surface area contributed by atoms with Gasteiger partial charge in [-0.25, -0.2) is 0 Å². The van der Waals surface area contributed by atoms with Gasteiger partial charge in [0.2, 0.25) is 5.91 Å². The molecular formula is C27H20Cl2N2O6. The van der Waals surface area contributed by atoms with Crippen molar-refractivity contribution >= 4 is 46.9 Å². The maximum Gasteiger partial charge on any atom is 0.323 e. The number of benzene rings is 3. The number of carboxylic acids is 1. The van der Waals surface area contributed by atoms with Gasteiger partial charge in [-0.15, -0.1) is 0 Å². The molecule has 3 aromatic carbocycles. The molecule has 37 heavy (non-hydrogen) atoms. The number of carboxylic acid groups (broad SMARTS) is 1. The zero-order valence-corrected chi connectivity index (χ0v) is 20.8. The molecule has 0 fully saturated rings. The van der Waals surface area contributed by atoms with Crippen LogP contribution in [0.25, 0.3) is 0 Å². The molecule has 2 aliphatic heterocycles. The Morgan fingerprint density at radius 1 is 0.919 bits per heavy atom. The van der Waals surface area contributed by atoms with E-state index in [1.807, 2.05) is 0 Å². The first-order valence-electron chi connectivity index (χ1n) is 11.4. The molecule has 0 unspecified atom stereocenters. The van der Waals surface area contributed by atoms with E-state index in [-0.39, 0.29) is 30.7 Å². The zero-order chi connectivity index (χ0) is 26.3. The highest BCUT2D eigenvalue weighted by molar-refractivity contribution is 6.36. The average Bonchev–Trinajstić information content (AvgIpc) is 3.03. The van der Waals surface area contributed by atoms with Gasteiger partial charge in [0.25, 0.3) is 11.8 Å². The molecule has 2 heterocycles. The van der Waals surface area contributed by atoms with Gasteiger partial charge in [0.05, 0.1) is 11.1 Å². The van der Waals surface area contributed by atoms with Gasteiger partial charge in [0, 0.05) is 28.6 Å². The third kappa shape index (κ3) is 4.65. The SMILES string of the molecule is O=C(O)CN1Cc2cc(OCc3c(Cl)cccc3Cl)ccc2C[C@H](N2C(=O)c3ccccc3C2=O)C1=O. The molecule has 0 bridgehead atoms. The predicted octanol–water partition coefficient (Wildman–Crippen LogP) is 4.21. The Labute approximate surface area is 221 Å². The number of imide groups is 1. The van der Waals surface area contributed by atoms with Crippen LogP contribution < -0.4 is 4.74 Å². The molecule has 1 N–H and O–H groups in total. The normalized spacial score (nSPS) is 16.9. The first-order valence-corrected chi connectivity index (χ1v) is 12.1. The van der Waals surface area contributed by atoms with Crippen LogP contribution in [0.5, 0.6) is 5.75 Å². The molecule has 3 amide bonds. The van der Waals surface area contributed by atoms with Crippen LogP contribution in [0.1, 0.15) is 37.4 Å². The van der Waals surface area contributed by atoms with Crippen molar-refractivity contribution in [3.8, 4) is 5.75 Å². The number of amides is 3. The quantitative estimate of drug-likeness (QED) is 0.471. The van der Waals surface area contributed by atoms with Gasteiger partial charge in [-0.3, -0.25) is 24.1 Å². The Morgan fingerprint density at radius 2 is 1.57 bits per heavy atom. The maximum atomic E-state index is 13.5. The van der Waals surface area contributed by atoms with Crippen molar-refractivity contribution in [1.82, 2.24) is 9.80 Å². The standard InChI is InChI=1S/C27H20Cl2N2O6/c28-21-6-3-7-22(29)20(21)14-37-17-9-8-15-11-23(27(36)30(13-24(32)33)12-16(15)10-17)31-25(34)18-4-1-2-5-19(18)26(31)35/h1-10,23H,11-14H2,(H,32,33)/t23-/m0/s1. The number of aliphatic carboxylic acids is 1. The highest BCUT2D eigenvalue weighted by Gasteiger charge is 2.45. The lowest BCUT2D eigenvalue weighted by Crippen LogP contribution is -2.51. The molecule has 0 saturated heterocycles. The Morgan fingerprint density at radius 3 is 2.19 bits per heavy atom. The molecule has 8 nitrogen and oxygen atoms in total. The van der Waals surface area contributed by atoms with Gasteiger partial charge in [0.15, 0.2) is 0 Å². The number of fused-ring (bicyclic) bond motifs is 2. The summed E-state index contributed by atoms with van der Waals surface area (Å²) in [5.41, 5.74) is 2.41. The lowest BCUT2D eigenvalue weighted by Gasteiger charge is -2.28. The van der Waals surface area contributed by atoms with E-state index in [2.05, 4.69) is 0 Å². The smallest absolute Gasteiger partial charge is 0.323 e. The number of rotatable bonds is 6. The molecule has 2 aliphatic rings. The summed E-state index contributed by atoms with van der Waals surface area (Å²) in [6.07, 6.45) is 0.0480. The fourth-order valence-corrected chi connectivity index (χ4v) is 5.15. The molecule has 0 radical (unpaired) electrons. The third-order valence-electron chi connectivity index (χ3n) is 6.46. The molecule has 3 aromatic rings. The largest absolute Gasteiger partial charge is 0.489 e. The number of carbonyl (C=O) groups is 4. The van der Waals surface area contributed by atoms with Crippen LogP contribution in [0, 0.1) is 0 Å². The third-order valence-corrected chi connectivity index (χ3v) is 7.17. The maximum absolute atomic E-state index is 13.5. The summed E-state index contributed by atoms with van der Waals surface area (Å²) in [6, 6.07) is 15.5. The minimum atomic E-state index is -1.21. The Kier molecular flexibility index (Phi) is 6.62. The lowest BCUT2D eigenvalue weighted by molar-refractivity contribution is -0.146. The molecule has 188 valence electrons. The minimum Gasteiger partial charge on any atom is -0.489 e. The summed E-state index contributed by atoms with van der Waals surface area (Å²) in [4.78, 5) is 53.4. The number of ether oxygens (including phenoxy) is 1. The van der Waals surface area contributed by atoms with E-state index in [0.717, 1.165) is 9.80 Å². The molecule has 0 aliphatic carbocycles. The second-order valence-electron chi connectivity index (χ2n) is 8.75. The second-order valence-corrected chi connectivity index (χ2v) is 9.57. The summed E-state index contributed by atoms with van der Waals surface area (Å²) in [5.74, 6) is -2.50. The molecule has 0 spiro atoms. The zero-order valence-electron chi connectivity index (χ0n) is 19.3. The van der Waals surface area contributed by atoms with E-state index in [1.54, 1.807) is 48.5 Å². The van der Waals surface area contributed by atoms with Gasteiger partial charge < -0.3 is 14.7 Å². The average molecular weight is 539 g/mol. The van der Waals surface area contributed by atoms with E-state index in [9.17, 15) is 24.3 Å². The summed E-state index contributed by atoms with van der Waals surface area (Å²) >= 11 is 12.5. The monoisotopic (exact) mass is 538 g/mol. The van der Waals surface area contributed by atoms with Gasteiger partial charge in [-0.2, -0.15) is 0 Å². The topological polar surface area (TPSA) is 104 Å². The van der Waals surface area contributed by atoms with E-state index < -0.39 is 36.3 Å². The van der Waals surface area contributed by atoms with E-state index >= 15 is 0 Å². The number of halogens is 2.